The first kappa shape index (κ1) is 18.0. The largest absolute Gasteiger partial charge is 0.489 e. The molecule has 5 nitrogen and oxygen atoms in total. The first-order valence-corrected chi connectivity index (χ1v) is 7.99. The second-order valence-corrected chi connectivity index (χ2v) is 5.60. The first-order chi connectivity index (χ1) is 11.6. The third kappa shape index (κ3) is 4.34. The molecule has 1 heterocycles. The molecule has 0 radical (unpaired) electrons. The Balaban J connectivity index is 2.02. The van der Waals surface area contributed by atoms with Gasteiger partial charge < -0.3 is 14.4 Å². The number of carbonyl (C=O) groups is 2. The third-order valence-corrected chi connectivity index (χ3v) is 4.09. The number of amides is 1. The summed E-state index contributed by atoms with van der Waals surface area (Å²) in [6.45, 7) is 2.97. The van der Waals surface area contributed by atoms with E-state index in [1.807, 2.05) is 13.0 Å². The summed E-state index contributed by atoms with van der Waals surface area (Å²) >= 11 is 0. The Morgan fingerprint density at radius 1 is 1.42 bits per heavy atom. The second-order valence-electron chi connectivity index (χ2n) is 5.60. The molecule has 130 valence electrons. The molecule has 1 aromatic carbocycles. The molecule has 2 rings (SSSR count). The van der Waals surface area contributed by atoms with Gasteiger partial charge in [-0.15, -0.1) is 0 Å². The van der Waals surface area contributed by atoms with Crippen molar-refractivity contribution in [3.8, 4) is 5.75 Å². The number of ether oxygens (including phenoxy) is 2. The number of hydrogen-bond donors (Lipinski definition) is 0. The fourth-order valence-electron chi connectivity index (χ4n) is 2.53. The van der Waals surface area contributed by atoms with Crippen molar-refractivity contribution in [3.63, 3.8) is 0 Å². The Kier molecular flexibility index (Phi) is 6.35. The van der Waals surface area contributed by atoms with Crippen LogP contribution in [0.15, 0.2) is 30.1 Å². The van der Waals surface area contributed by atoms with Crippen LogP contribution in [0.5, 0.6) is 5.75 Å². The summed E-state index contributed by atoms with van der Waals surface area (Å²) < 4.78 is 22.7. The molecule has 0 unspecified atom stereocenters. The van der Waals surface area contributed by atoms with Crippen LogP contribution in [0.1, 0.15) is 35.7 Å². The molecule has 0 aliphatic carbocycles. The van der Waals surface area contributed by atoms with Gasteiger partial charge in [-0.3, -0.25) is 9.59 Å². The average Bonchev–Trinajstić information content (AvgIpc) is 2.61. The summed E-state index contributed by atoms with van der Waals surface area (Å²) in [5.74, 6) is 0.201. The number of hydrogen-bond acceptors (Lipinski definition) is 4. The maximum Gasteiger partial charge on any atom is 0.307 e. The van der Waals surface area contributed by atoms with E-state index in [-0.39, 0.29) is 24.9 Å². The van der Waals surface area contributed by atoms with Crippen LogP contribution >= 0.6 is 0 Å². The minimum atomic E-state index is -0.329. The number of methoxy groups -OCH3 is 1. The van der Waals surface area contributed by atoms with Crippen molar-refractivity contribution in [2.24, 2.45) is 0 Å². The highest BCUT2D eigenvalue weighted by atomic mass is 19.1. The van der Waals surface area contributed by atoms with Gasteiger partial charge in [0, 0.05) is 18.7 Å². The molecule has 24 heavy (non-hydrogen) atoms. The lowest BCUT2D eigenvalue weighted by Gasteiger charge is -2.28. The summed E-state index contributed by atoms with van der Waals surface area (Å²) in [7, 11) is 1.33. The van der Waals surface area contributed by atoms with Crippen molar-refractivity contribution in [1.82, 2.24) is 4.90 Å². The zero-order valence-corrected chi connectivity index (χ0v) is 14.0. The quantitative estimate of drug-likeness (QED) is 0.719. The number of esters is 1. The molecule has 0 saturated heterocycles. The second kappa shape index (κ2) is 8.47. The van der Waals surface area contributed by atoms with Gasteiger partial charge in [0.2, 0.25) is 0 Å². The highest BCUT2D eigenvalue weighted by Gasteiger charge is 2.25. The van der Waals surface area contributed by atoms with Crippen LogP contribution in [0.4, 0.5) is 4.39 Å². The minimum absolute atomic E-state index is 0.0930. The molecular formula is C18H22FNO4. The van der Waals surface area contributed by atoms with E-state index in [4.69, 9.17) is 4.74 Å². The zero-order valence-electron chi connectivity index (χ0n) is 14.0. The number of halogens is 1. The van der Waals surface area contributed by atoms with Gasteiger partial charge in [0.05, 0.1) is 19.9 Å². The molecule has 1 amide bonds. The Bertz CT molecular complexity index is 642. The predicted octanol–water partition coefficient (Wildman–Crippen LogP) is 2.89. The molecule has 0 saturated carbocycles. The van der Waals surface area contributed by atoms with Crippen molar-refractivity contribution in [2.75, 3.05) is 26.8 Å². The van der Waals surface area contributed by atoms with E-state index < -0.39 is 0 Å². The van der Waals surface area contributed by atoms with Gasteiger partial charge >= 0.3 is 5.97 Å². The van der Waals surface area contributed by atoms with E-state index in [1.165, 1.54) is 7.11 Å². The normalized spacial score (nSPS) is 14.4. The van der Waals surface area contributed by atoms with Crippen molar-refractivity contribution in [3.05, 3.63) is 41.2 Å². The lowest BCUT2D eigenvalue weighted by molar-refractivity contribution is -0.140. The molecule has 1 aromatic rings. The summed E-state index contributed by atoms with van der Waals surface area (Å²) in [6, 6.07) is 5.27. The Hall–Kier alpha value is -2.37. The molecule has 0 spiro atoms. The predicted molar refractivity (Wildman–Crippen MR) is 87.7 cm³/mol. The maximum absolute atomic E-state index is 12.6. The fraction of sp³-hybridized carbons (Fsp3) is 0.444. The van der Waals surface area contributed by atoms with Gasteiger partial charge in [0.1, 0.15) is 12.4 Å². The summed E-state index contributed by atoms with van der Waals surface area (Å²) in [5.41, 5.74) is 2.11. The van der Waals surface area contributed by atoms with Crippen LogP contribution in [0.25, 0.3) is 0 Å². The third-order valence-electron chi connectivity index (χ3n) is 4.09. The number of benzene rings is 1. The summed E-state index contributed by atoms with van der Waals surface area (Å²) in [4.78, 5) is 25.3. The molecular weight excluding hydrogens is 313 g/mol. The lowest BCUT2D eigenvalue weighted by atomic mass is 9.98. The van der Waals surface area contributed by atoms with E-state index in [1.54, 1.807) is 17.0 Å². The van der Waals surface area contributed by atoms with E-state index in [0.717, 1.165) is 5.56 Å². The number of nitrogens with zero attached hydrogens (tertiary/aromatic N) is 1. The summed E-state index contributed by atoms with van der Waals surface area (Å²) in [5, 5.41) is 0. The van der Waals surface area contributed by atoms with Gasteiger partial charge in [0.15, 0.2) is 0 Å². The SMILES string of the molecule is CC/C(=C/F)COc1ccc2c(c1)CCN(CCC(=O)OC)C2=O. The van der Waals surface area contributed by atoms with Crippen molar-refractivity contribution in [1.29, 1.82) is 0 Å². The zero-order chi connectivity index (χ0) is 17.5. The molecule has 1 aliphatic rings. The molecule has 0 N–H and O–H groups in total. The molecule has 0 fully saturated rings. The standard InChI is InChI=1S/C18H22FNO4/c1-3-13(11-19)12-24-15-4-5-16-14(10-15)6-8-20(18(16)22)9-7-17(21)23-2/h4-5,10-11H,3,6-9,12H2,1-2H3/b13-11-. The van der Waals surface area contributed by atoms with Crippen LogP contribution in [0.2, 0.25) is 0 Å². The topological polar surface area (TPSA) is 55.8 Å². The van der Waals surface area contributed by atoms with Crippen LogP contribution in [0, 0.1) is 0 Å². The van der Waals surface area contributed by atoms with Gasteiger partial charge in [-0.1, -0.05) is 6.92 Å². The lowest BCUT2D eigenvalue weighted by Crippen LogP contribution is -2.38. The smallest absolute Gasteiger partial charge is 0.307 e. The summed E-state index contributed by atoms with van der Waals surface area (Å²) in [6.07, 6.45) is 2.04. The highest BCUT2D eigenvalue weighted by molar-refractivity contribution is 5.97. The molecule has 0 aromatic heterocycles. The van der Waals surface area contributed by atoms with Gasteiger partial charge in [-0.25, -0.2) is 4.39 Å². The van der Waals surface area contributed by atoms with Crippen molar-refractivity contribution >= 4 is 11.9 Å². The van der Waals surface area contributed by atoms with Gasteiger partial charge in [0.25, 0.3) is 5.91 Å². The van der Waals surface area contributed by atoms with Gasteiger partial charge in [-0.05, 0) is 42.2 Å². The fourth-order valence-corrected chi connectivity index (χ4v) is 2.53. The van der Waals surface area contributed by atoms with Crippen molar-refractivity contribution in [2.45, 2.75) is 26.2 Å². The van der Waals surface area contributed by atoms with Gasteiger partial charge in [-0.2, -0.15) is 0 Å². The van der Waals surface area contributed by atoms with Crippen LogP contribution in [-0.4, -0.2) is 43.6 Å². The molecule has 0 atom stereocenters. The molecule has 6 heteroatoms. The maximum atomic E-state index is 12.6. The number of carbonyl (C=O) groups excluding carboxylic acids is 2. The molecule has 0 bridgehead atoms. The molecule has 1 aliphatic heterocycles. The van der Waals surface area contributed by atoms with E-state index >= 15 is 0 Å². The highest BCUT2D eigenvalue weighted by Crippen LogP contribution is 2.24. The average molecular weight is 335 g/mol. The van der Waals surface area contributed by atoms with E-state index in [2.05, 4.69) is 4.74 Å². The first-order valence-electron chi connectivity index (χ1n) is 7.99. The Labute approximate surface area is 141 Å². The van der Waals surface area contributed by atoms with Crippen molar-refractivity contribution < 1.29 is 23.5 Å². The van der Waals surface area contributed by atoms with Crippen LogP contribution in [0.3, 0.4) is 0 Å². The minimum Gasteiger partial charge on any atom is -0.489 e. The monoisotopic (exact) mass is 335 g/mol. The van der Waals surface area contributed by atoms with E-state index in [0.29, 0.717) is 49.1 Å². The Morgan fingerprint density at radius 3 is 2.88 bits per heavy atom. The van der Waals surface area contributed by atoms with Crippen LogP contribution in [-0.2, 0) is 16.0 Å². The van der Waals surface area contributed by atoms with E-state index in [9.17, 15) is 14.0 Å². The Morgan fingerprint density at radius 2 is 2.21 bits per heavy atom. The number of fused-ring (bicyclic) bond motifs is 1. The van der Waals surface area contributed by atoms with Crippen LogP contribution < -0.4 is 4.74 Å². The number of rotatable bonds is 7.